The van der Waals surface area contributed by atoms with Gasteiger partial charge < -0.3 is 11.1 Å². The third kappa shape index (κ3) is 4.86. The molecule has 0 saturated heterocycles. The molecule has 102 valence electrons. The summed E-state index contributed by atoms with van der Waals surface area (Å²) >= 11 is 3.14. The number of hydrogen-bond acceptors (Lipinski definition) is 2. The van der Waals surface area contributed by atoms with Gasteiger partial charge in [0.25, 0.3) is 0 Å². The molecule has 6 heteroatoms. The van der Waals surface area contributed by atoms with E-state index in [1.54, 1.807) is 0 Å². The van der Waals surface area contributed by atoms with Crippen LogP contribution in [0.15, 0.2) is 22.7 Å². The molecule has 0 spiro atoms. The number of benzene rings is 1. The van der Waals surface area contributed by atoms with E-state index in [4.69, 9.17) is 5.73 Å². The van der Waals surface area contributed by atoms with Crippen LogP contribution in [0.4, 0.5) is 18.9 Å². The summed E-state index contributed by atoms with van der Waals surface area (Å²) in [6.07, 6.45) is -1.37. The number of nitrogens with one attached hydrogen (secondary N) is 1. The molecule has 18 heavy (non-hydrogen) atoms. The molecule has 0 unspecified atom stereocenters. The van der Waals surface area contributed by atoms with Crippen molar-refractivity contribution in [1.82, 2.24) is 0 Å². The normalized spacial score (nSPS) is 11.6. The number of anilines is 1. The Bertz CT molecular complexity index is 380. The Morgan fingerprint density at radius 1 is 1.17 bits per heavy atom. The van der Waals surface area contributed by atoms with Crippen LogP contribution in [0.25, 0.3) is 0 Å². The van der Waals surface area contributed by atoms with Crippen LogP contribution in [-0.4, -0.2) is 13.1 Å². The molecule has 0 fully saturated rings. The average molecular weight is 325 g/mol. The predicted molar refractivity (Wildman–Crippen MR) is 70.5 cm³/mol. The van der Waals surface area contributed by atoms with Crippen molar-refractivity contribution in [2.75, 3.05) is 18.4 Å². The van der Waals surface area contributed by atoms with Gasteiger partial charge >= 0.3 is 6.18 Å². The number of alkyl halides is 3. The molecule has 1 aromatic rings. The molecule has 0 bridgehead atoms. The third-order valence-electron chi connectivity index (χ3n) is 2.49. The number of nitrogens with two attached hydrogens (primary N) is 1. The monoisotopic (exact) mass is 324 g/mol. The highest BCUT2D eigenvalue weighted by atomic mass is 79.9. The molecule has 0 atom stereocenters. The molecule has 2 nitrogen and oxygen atoms in total. The minimum Gasteiger partial charge on any atom is -0.384 e. The summed E-state index contributed by atoms with van der Waals surface area (Å²) in [6, 6.07) is 3.60. The van der Waals surface area contributed by atoms with Gasteiger partial charge in [-0.1, -0.05) is 6.42 Å². The molecule has 0 radical (unpaired) electrons. The van der Waals surface area contributed by atoms with Crippen molar-refractivity contribution in [3.05, 3.63) is 28.2 Å². The third-order valence-corrected chi connectivity index (χ3v) is 3.15. The molecule has 1 aromatic carbocycles. The summed E-state index contributed by atoms with van der Waals surface area (Å²) in [5, 5.41) is 3.10. The highest BCUT2D eigenvalue weighted by Gasteiger charge is 2.30. The average Bonchev–Trinajstić information content (AvgIpc) is 2.29. The van der Waals surface area contributed by atoms with Crippen molar-refractivity contribution in [2.24, 2.45) is 5.73 Å². The largest absolute Gasteiger partial charge is 0.416 e. The van der Waals surface area contributed by atoms with Crippen molar-refractivity contribution in [3.63, 3.8) is 0 Å². The number of hydrogen-bond donors (Lipinski definition) is 2. The fourth-order valence-corrected chi connectivity index (χ4v) is 2.02. The van der Waals surface area contributed by atoms with Gasteiger partial charge in [0.05, 0.1) is 5.56 Å². The van der Waals surface area contributed by atoms with Crippen LogP contribution < -0.4 is 11.1 Å². The summed E-state index contributed by atoms with van der Waals surface area (Å²) in [7, 11) is 0. The first kappa shape index (κ1) is 15.3. The van der Waals surface area contributed by atoms with Gasteiger partial charge in [-0.05, 0) is 53.5 Å². The summed E-state index contributed by atoms with van der Waals surface area (Å²) in [5.74, 6) is 0. The lowest BCUT2D eigenvalue weighted by Crippen LogP contribution is -2.07. The molecular formula is C12H16BrF3N2. The summed E-state index contributed by atoms with van der Waals surface area (Å²) in [4.78, 5) is 0. The van der Waals surface area contributed by atoms with E-state index in [9.17, 15) is 13.2 Å². The van der Waals surface area contributed by atoms with Gasteiger partial charge in [-0.2, -0.15) is 13.2 Å². The van der Waals surface area contributed by atoms with E-state index in [1.165, 1.54) is 6.07 Å². The van der Waals surface area contributed by atoms with Crippen LogP contribution in [0.2, 0.25) is 0 Å². The number of rotatable bonds is 6. The minimum atomic E-state index is -4.30. The highest BCUT2D eigenvalue weighted by Crippen LogP contribution is 2.33. The molecule has 1 rings (SSSR count). The Kier molecular flexibility index (Phi) is 5.95. The maximum Gasteiger partial charge on any atom is 0.416 e. The first-order valence-corrected chi connectivity index (χ1v) is 6.55. The van der Waals surface area contributed by atoms with Crippen LogP contribution in [0, 0.1) is 0 Å². The number of unbranched alkanes of at least 4 members (excludes halogenated alkanes) is 2. The number of halogens is 4. The van der Waals surface area contributed by atoms with Gasteiger partial charge in [-0.3, -0.25) is 0 Å². The van der Waals surface area contributed by atoms with E-state index in [1.807, 2.05) is 0 Å². The first-order chi connectivity index (χ1) is 8.45. The summed E-state index contributed by atoms with van der Waals surface area (Å²) in [6.45, 7) is 1.40. The SMILES string of the molecule is NCCCCCNc1ccc(C(F)(F)F)cc1Br. The fraction of sp³-hybridized carbons (Fsp3) is 0.500. The maximum atomic E-state index is 12.4. The van der Waals surface area contributed by atoms with Crippen LogP contribution in [0.1, 0.15) is 24.8 Å². The zero-order valence-electron chi connectivity index (χ0n) is 9.86. The van der Waals surface area contributed by atoms with Crippen molar-refractivity contribution >= 4 is 21.6 Å². The zero-order valence-corrected chi connectivity index (χ0v) is 11.4. The van der Waals surface area contributed by atoms with Gasteiger partial charge in [0.2, 0.25) is 0 Å². The molecule has 0 aromatic heterocycles. The lowest BCUT2D eigenvalue weighted by molar-refractivity contribution is -0.137. The van der Waals surface area contributed by atoms with E-state index >= 15 is 0 Å². The molecule has 3 N–H and O–H groups in total. The lowest BCUT2D eigenvalue weighted by Gasteiger charge is -2.11. The van der Waals surface area contributed by atoms with E-state index < -0.39 is 11.7 Å². The predicted octanol–water partition coefficient (Wildman–Crippen LogP) is 4.01. The van der Waals surface area contributed by atoms with E-state index in [0.717, 1.165) is 37.9 Å². The quantitative estimate of drug-likeness (QED) is 0.776. The maximum absolute atomic E-state index is 12.4. The minimum absolute atomic E-state index is 0.427. The van der Waals surface area contributed by atoms with Crippen molar-refractivity contribution in [3.8, 4) is 0 Å². The van der Waals surface area contributed by atoms with Crippen LogP contribution in [0.5, 0.6) is 0 Å². The Morgan fingerprint density at radius 3 is 2.44 bits per heavy atom. The molecule has 0 heterocycles. The fourth-order valence-electron chi connectivity index (χ4n) is 1.50. The molecule has 0 saturated carbocycles. The first-order valence-electron chi connectivity index (χ1n) is 5.76. The van der Waals surface area contributed by atoms with E-state index in [0.29, 0.717) is 16.7 Å². The second-order valence-electron chi connectivity index (χ2n) is 3.97. The van der Waals surface area contributed by atoms with Gasteiger partial charge in [-0.15, -0.1) is 0 Å². The molecular weight excluding hydrogens is 309 g/mol. The summed E-state index contributed by atoms with van der Waals surface area (Å²) < 4.78 is 37.7. The second-order valence-corrected chi connectivity index (χ2v) is 4.82. The van der Waals surface area contributed by atoms with Crippen LogP contribution >= 0.6 is 15.9 Å². The Hall–Kier alpha value is -0.750. The van der Waals surface area contributed by atoms with Gasteiger partial charge in [0, 0.05) is 16.7 Å². The van der Waals surface area contributed by atoms with Gasteiger partial charge in [0.15, 0.2) is 0 Å². The van der Waals surface area contributed by atoms with Gasteiger partial charge in [-0.25, -0.2) is 0 Å². The smallest absolute Gasteiger partial charge is 0.384 e. The topological polar surface area (TPSA) is 38.0 Å². The van der Waals surface area contributed by atoms with Crippen molar-refractivity contribution in [2.45, 2.75) is 25.4 Å². The van der Waals surface area contributed by atoms with Gasteiger partial charge in [0.1, 0.15) is 0 Å². The molecule has 0 aliphatic heterocycles. The lowest BCUT2D eigenvalue weighted by atomic mass is 10.2. The standard InChI is InChI=1S/C12H16BrF3N2/c13-10-8-9(12(14,15)16)4-5-11(10)18-7-3-1-2-6-17/h4-5,8,18H,1-3,6-7,17H2. The van der Waals surface area contributed by atoms with E-state index in [-0.39, 0.29) is 0 Å². The zero-order chi connectivity index (χ0) is 13.6. The molecule has 0 aliphatic rings. The Morgan fingerprint density at radius 2 is 1.89 bits per heavy atom. The summed E-state index contributed by atoms with van der Waals surface area (Å²) in [5.41, 5.74) is 5.40. The van der Waals surface area contributed by atoms with Crippen molar-refractivity contribution in [1.29, 1.82) is 0 Å². The van der Waals surface area contributed by atoms with E-state index in [2.05, 4.69) is 21.2 Å². The highest BCUT2D eigenvalue weighted by molar-refractivity contribution is 9.10. The van der Waals surface area contributed by atoms with Crippen molar-refractivity contribution < 1.29 is 13.2 Å². The van der Waals surface area contributed by atoms with Crippen LogP contribution in [0.3, 0.4) is 0 Å². The second kappa shape index (κ2) is 6.99. The molecule has 0 amide bonds. The van der Waals surface area contributed by atoms with Crippen LogP contribution in [-0.2, 0) is 6.18 Å². The molecule has 0 aliphatic carbocycles. The Balaban J connectivity index is 2.53. The Labute approximate surface area is 113 Å².